The van der Waals surface area contributed by atoms with Crippen LogP contribution in [0.1, 0.15) is 41.1 Å². The lowest BCUT2D eigenvalue weighted by Gasteiger charge is -2.41. The fourth-order valence-corrected chi connectivity index (χ4v) is 4.00. The highest BCUT2D eigenvalue weighted by Crippen LogP contribution is 2.37. The van der Waals surface area contributed by atoms with E-state index in [0.29, 0.717) is 12.0 Å². The van der Waals surface area contributed by atoms with Gasteiger partial charge in [-0.25, -0.2) is 0 Å². The van der Waals surface area contributed by atoms with Crippen LogP contribution < -0.4 is 0 Å². The minimum absolute atomic E-state index is 0.267. The van der Waals surface area contributed by atoms with Crippen molar-refractivity contribution in [2.45, 2.75) is 39.3 Å². The fourth-order valence-electron chi connectivity index (χ4n) is 4.00. The van der Waals surface area contributed by atoms with Gasteiger partial charge in [-0.3, -0.25) is 4.90 Å². The number of benzene rings is 2. The van der Waals surface area contributed by atoms with Gasteiger partial charge < -0.3 is 5.11 Å². The highest BCUT2D eigenvalue weighted by atomic mass is 16.3. The molecule has 1 aliphatic rings. The van der Waals surface area contributed by atoms with Crippen LogP contribution in [-0.4, -0.2) is 23.2 Å². The Hall–Kier alpha value is -1.64. The summed E-state index contributed by atoms with van der Waals surface area (Å²) in [6.45, 7) is 6.64. The van der Waals surface area contributed by atoms with Crippen molar-refractivity contribution in [3.63, 3.8) is 0 Å². The number of hydrogen-bond donors (Lipinski definition) is 1. The van der Waals surface area contributed by atoms with E-state index in [0.717, 1.165) is 19.5 Å². The molecule has 0 aromatic heterocycles. The van der Waals surface area contributed by atoms with Crippen molar-refractivity contribution >= 4 is 0 Å². The van der Waals surface area contributed by atoms with Gasteiger partial charge in [-0.2, -0.15) is 0 Å². The van der Waals surface area contributed by atoms with E-state index in [1.807, 2.05) is 0 Å². The summed E-state index contributed by atoms with van der Waals surface area (Å²) in [5.41, 5.74) is 5.32. The first-order valence-corrected chi connectivity index (χ1v) is 8.64. The van der Waals surface area contributed by atoms with Crippen LogP contribution in [0.3, 0.4) is 0 Å². The molecule has 122 valence electrons. The molecule has 1 aliphatic heterocycles. The van der Waals surface area contributed by atoms with Crippen LogP contribution in [0.2, 0.25) is 0 Å². The van der Waals surface area contributed by atoms with E-state index in [1.165, 1.54) is 28.7 Å². The Morgan fingerprint density at radius 1 is 1.04 bits per heavy atom. The fraction of sp³-hybridized carbons (Fsp3) is 0.429. The molecule has 2 aromatic carbocycles. The van der Waals surface area contributed by atoms with Crippen molar-refractivity contribution in [1.29, 1.82) is 0 Å². The van der Waals surface area contributed by atoms with Gasteiger partial charge in [0.2, 0.25) is 0 Å². The summed E-state index contributed by atoms with van der Waals surface area (Å²) < 4.78 is 0. The molecule has 0 saturated carbocycles. The number of rotatable bonds is 4. The number of hydrogen-bond acceptors (Lipinski definition) is 2. The predicted octanol–water partition coefficient (Wildman–Crippen LogP) is 4.25. The summed E-state index contributed by atoms with van der Waals surface area (Å²) in [6.07, 6.45) is 2.28. The monoisotopic (exact) mass is 309 g/mol. The van der Waals surface area contributed by atoms with Crippen LogP contribution in [0.5, 0.6) is 0 Å². The van der Waals surface area contributed by atoms with Gasteiger partial charge in [0.1, 0.15) is 0 Å². The standard InChI is InChI=1S/C21H27NO/c1-16-11-17(2)13-20(12-16)21-19(15-23)9-6-10-22(21)14-18-7-4-3-5-8-18/h3-5,7-8,11-13,19,21,23H,6,9-10,14-15H2,1-2H3. The minimum atomic E-state index is 0.267. The van der Waals surface area contributed by atoms with Crippen molar-refractivity contribution in [1.82, 2.24) is 4.90 Å². The Labute approximate surface area is 139 Å². The van der Waals surface area contributed by atoms with Crippen LogP contribution in [-0.2, 0) is 6.54 Å². The summed E-state index contributed by atoms with van der Waals surface area (Å²) in [7, 11) is 0. The lowest BCUT2D eigenvalue weighted by atomic mass is 9.84. The third kappa shape index (κ3) is 3.82. The maximum Gasteiger partial charge on any atom is 0.0477 e. The molecule has 2 heteroatoms. The molecule has 2 aromatic rings. The molecule has 2 unspecified atom stereocenters. The van der Waals surface area contributed by atoms with E-state index in [1.54, 1.807) is 0 Å². The van der Waals surface area contributed by atoms with E-state index >= 15 is 0 Å². The number of nitrogens with zero attached hydrogens (tertiary/aromatic N) is 1. The third-order valence-electron chi connectivity index (χ3n) is 4.91. The molecule has 1 N–H and O–H groups in total. The summed E-state index contributed by atoms with van der Waals surface area (Å²) in [6, 6.07) is 17.8. The lowest BCUT2D eigenvalue weighted by Crippen LogP contribution is -2.39. The first-order valence-electron chi connectivity index (χ1n) is 8.64. The van der Waals surface area contributed by atoms with E-state index in [-0.39, 0.29) is 6.61 Å². The second-order valence-electron chi connectivity index (χ2n) is 6.91. The van der Waals surface area contributed by atoms with Crippen LogP contribution in [0.4, 0.5) is 0 Å². The van der Waals surface area contributed by atoms with Gasteiger partial charge >= 0.3 is 0 Å². The van der Waals surface area contributed by atoms with Gasteiger partial charge in [-0.05, 0) is 44.4 Å². The summed E-state index contributed by atoms with van der Waals surface area (Å²) in [5.74, 6) is 0.327. The summed E-state index contributed by atoms with van der Waals surface area (Å²) >= 11 is 0. The molecule has 1 saturated heterocycles. The zero-order valence-corrected chi connectivity index (χ0v) is 14.2. The van der Waals surface area contributed by atoms with Crippen molar-refractivity contribution in [3.8, 4) is 0 Å². The van der Waals surface area contributed by atoms with Crippen molar-refractivity contribution in [2.24, 2.45) is 5.92 Å². The zero-order valence-electron chi connectivity index (χ0n) is 14.2. The number of likely N-dealkylation sites (tertiary alicyclic amines) is 1. The molecule has 2 atom stereocenters. The van der Waals surface area contributed by atoms with E-state index in [9.17, 15) is 5.11 Å². The van der Waals surface area contributed by atoms with Gasteiger partial charge in [0, 0.05) is 25.1 Å². The molecule has 3 rings (SSSR count). The van der Waals surface area contributed by atoms with Gasteiger partial charge in [-0.15, -0.1) is 0 Å². The number of piperidine rings is 1. The average Bonchev–Trinajstić information content (AvgIpc) is 2.54. The van der Waals surface area contributed by atoms with Gasteiger partial charge in [0.25, 0.3) is 0 Å². The Kier molecular flexibility index (Phi) is 5.14. The Balaban J connectivity index is 1.92. The first-order chi connectivity index (χ1) is 11.2. The highest BCUT2D eigenvalue weighted by molar-refractivity contribution is 5.31. The molecule has 0 aliphatic carbocycles. The molecule has 23 heavy (non-hydrogen) atoms. The largest absolute Gasteiger partial charge is 0.396 e. The van der Waals surface area contributed by atoms with Gasteiger partial charge in [0.05, 0.1) is 0 Å². The molecular formula is C21H27NO. The summed E-state index contributed by atoms with van der Waals surface area (Å²) in [5, 5.41) is 9.92. The van der Waals surface area contributed by atoms with Crippen molar-refractivity contribution < 1.29 is 5.11 Å². The van der Waals surface area contributed by atoms with Crippen LogP contribution in [0.25, 0.3) is 0 Å². The normalized spacial score (nSPS) is 22.2. The minimum Gasteiger partial charge on any atom is -0.396 e. The van der Waals surface area contributed by atoms with Crippen molar-refractivity contribution in [2.75, 3.05) is 13.2 Å². The smallest absolute Gasteiger partial charge is 0.0477 e. The second-order valence-corrected chi connectivity index (χ2v) is 6.91. The molecule has 0 bridgehead atoms. The van der Waals surface area contributed by atoms with Crippen molar-refractivity contribution in [3.05, 3.63) is 70.8 Å². The van der Waals surface area contributed by atoms with Crippen LogP contribution in [0.15, 0.2) is 48.5 Å². The Morgan fingerprint density at radius 3 is 2.39 bits per heavy atom. The molecular weight excluding hydrogens is 282 g/mol. The molecule has 1 heterocycles. The Morgan fingerprint density at radius 2 is 1.74 bits per heavy atom. The number of aliphatic hydroxyl groups excluding tert-OH is 1. The predicted molar refractivity (Wildman–Crippen MR) is 95.3 cm³/mol. The van der Waals surface area contributed by atoms with E-state index in [4.69, 9.17) is 0 Å². The van der Waals surface area contributed by atoms with Gasteiger partial charge in [0.15, 0.2) is 0 Å². The molecule has 2 nitrogen and oxygen atoms in total. The zero-order chi connectivity index (χ0) is 16.2. The number of aliphatic hydroxyl groups is 1. The lowest BCUT2D eigenvalue weighted by molar-refractivity contribution is 0.0494. The molecule has 0 spiro atoms. The van der Waals surface area contributed by atoms with Gasteiger partial charge in [-0.1, -0.05) is 59.7 Å². The quantitative estimate of drug-likeness (QED) is 0.912. The van der Waals surface area contributed by atoms with Crippen LogP contribution in [0, 0.1) is 19.8 Å². The van der Waals surface area contributed by atoms with E-state index in [2.05, 4.69) is 67.3 Å². The number of aryl methyl sites for hydroxylation is 2. The first kappa shape index (κ1) is 16.2. The third-order valence-corrected chi connectivity index (χ3v) is 4.91. The SMILES string of the molecule is Cc1cc(C)cc(C2C(CO)CCCN2Cc2ccccc2)c1. The van der Waals surface area contributed by atoms with E-state index < -0.39 is 0 Å². The highest BCUT2D eigenvalue weighted by Gasteiger charge is 2.32. The molecule has 0 amide bonds. The maximum atomic E-state index is 9.92. The molecule has 0 radical (unpaired) electrons. The topological polar surface area (TPSA) is 23.5 Å². The molecule has 1 fully saturated rings. The average molecular weight is 309 g/mol. The summed E-state index contributed by atoms with van der Waals surface area (Å²) in [4.78, 5) is 2.55. The maximum absolute atomic E-state index is 9.92. The second kappa shape index (κ2) is 7.29. The Bertz CT molecular complexity index is 617. The van der Waals surface area contributed by atoms with Crippen LogP contribution >= 0.6 is 0 Å².